The molecule has 2 nitrogen and oxygen atoms in total. The second-order valence-electron chi connectivity index (χ2n) is 4.48. The van der Waals surface area contributed by atoms with Crippen LogP contribution in [0.4, 0.5) is 5.69 Å². The minimum atomic E-state index is 0.0861. The molecule has 92 valence electrons. The van der Waals surface area contributed by atoms with Gasteiger partial charge in [0.1, 0.15) is 0 Å². The van der Waals surface area contributed by atoms with E-state index in [4.69, 9.17) is 23.2 Å². The Hall–Kier alpha value is -0.730. The largest absolute Gasteiger partial charge is 0.326 e. The fourth-order valence-corrected chi connectivity index (χ4v) is 2.76. The molecule has 1 aromatic carbocycles. The minimum Gasteiger partial charge on any atom is -0.326 e. The van der Waals surface area contributed by atoms with Gasteiger partial charge in [-0.25, -0.2) is 0 Å². The lowest BCUT2D eigenvalue weighted by molar-refractivity contribution is -0.120. The van der Waals surface area contributed by atoms with Gasteiger partial charge in [0.2, 0.25) is 5.91 Å². The third-order valence-corrected chi connectivity index (χ3v) is 3.54. The predicted octanol–water partition coefficient (Wildman–Crippen LogP) is 4.51. The van der Waals surface area contributed by atoms with Crippen LogP contribution in [0.15, 0.2) is 18.2 Å². The zero-order valence-corrected chi connectivity index (χ0v) is 11.0. The van der Waals surface area contributed by atoms with Crippen molar-refractivity contribution in [3.8, 4) is 0 Å². The molecule has 17 heavy (non-hydrogen) atoms. The summed E-state index contributed by atoms with van der Waals surface area (Å²) in [5, 5.41) is 3.96. The molecular weight excluding hydrogens is 257 g/mol. The number of anilines is 1. The zero-order chi connectivity index (χ0) is 12.3. The van der Waals surface area contributed by atoms with Crippen LogP contribution in [0.1, 0.15) is 32.1 Å². The lowest BCUT2D eigenvalue weighted by Crippen LogP contribution is -2.24. The van der Waals surface area contributed by atoms with Gasteiger partial charge in [0.25, 0.3) is 0 Å². The molecule has 1 N–H and O–H groups in total. The molecule has 1 aliphatic carbocycles. The molecule has 0 radical (unpaired) electrons. The highest BCUT2D eigenvalue weighted by atomic mass is 35.5. The van der Waals surface area contributed by atoms with Crippen LogP contribution in [-0.2, 0) is 4.79 Å². The molecule has 1 fully saturated rings. The van der Waals surface area contributed by atoms with Crippen molar-refractivity contribution in [1.29, 1.82) is 0 Å². The molecule has 2 rings (SSSR count). The zero-order valence-electron chi connectivity index (χ0n) is 9.51. The van der Waals surface area contributed by atoms with Crippen molar-refractivity contribution in [3.05, 3.63) is 28.2 Å². The van der Waals surface area contributed by atoms with Crippen molar-refractivity contribution in [2.75, 3.05) is 5.32 Å². The summed E-state index contributed by atoms with van der Waals surface area (Å²) >= 11 is 11.8. The molecule has 4 heteroatoms. The first-order valence-electron chi connectivity index (χ1n) is 5.92. The van der Waals surface area contributed by atoms with Gasteiger partial charge in [-0.1, -0.05) is 42.5 Å². The SMILES string of the molecule is O=C(Nc1cc(Cl)cc(Cl)c1)C1CCCCC1. The van der Waals surface area contributed by atoms with Crippen molar-refractivity contribution in [1.82, 2.24) is 0 Å². The number of hydrogen-bond donors (Lipinski definition) is 1. The second-order valence-corrected chi connectivity index (χ2v) is 5.36. The first kappa shape index (κ1) is 12.7. The van der Waals surface area contributed by atoms with Crippen molar-refractivity contribution in [3.63, 3.8) is 0 Å². The van der Waals surface area contributed by atoms with Gasteiger partial charge in [-0.05, 0) is 31.0 Å². The summed E-state index contributed by atoms with van der Waals surface area (Å²) in [7, 11) is 0. The molecule has 1 amide bonds. The number of nitrogens with one attached hydrogen (secondary N) is 1. The summed E-state index contributed by atoms with van der Waals surface area (Å²) in [5.74, 6) is 0.226. The van der Waals surface area contributed by atoms with Crippen LogP contribution in [0.2, 0.25) is 10.0 Å². The molecule has 0 aromatic heterocycles. The number of carbonyl (C=O) groups excluding carboxylic acids is 1. The van der Waals surface area contributed by atoms with Crippen LogP contribution in [0.25, 0.3) is 0 Å². The summed E-state index contributed by atoms with van der Waals surface area (Å²) in [5.41, 5.74) is 0.679. The van der Waals surface area contributed by atoms with E-state index < -0.39 is 0 Å². The number of amides is 1. The molecule has 0 heterocycles. The van der Waals surface area contributed by atoms with Gasteiger partial charge in [-0.15, -0.1) is 0 Å². The third-order valence-electron chi connectivity index (χ3n) is 3.11. The molecule has 0 atom stereocenters. The van der Waals surface area contributed by atoms with E-state index in [1.54, 1.807) is 18.2 Å². The van der Waals surface area contributed by atoms with E-state index in [1.807, 2.05) is 0 Å². The lowest BCUT2D eigenvalue weighted by Gasteiger charge is -2.20. The maximum Gasteiger partial charge on any atom is 0.227 e. The summed E-state index contributed by atoms with van der Waals surface area (Å²) in [6.45, 7) is 0. The highest BCUT2D eigenvalue weighted by molar-refractivity contribution is 6.35. The maximum atomic E-state index is 12.0. The average molecular weight is 272 g/mol. The highest BCUT2D eigenvalue weighted by Crippen LogP contribution is 2.27. The number of hydrogen-bond acceptors (Lipinski definition) is 1. The summed E-state index contributed by atoms with van der Waals surface area (Å²) < 4.78 is 0. The highest BCUT2D eigenvalue weighted by Gasteiger charge is 2.21. The van der Waals surface area contributed by atoms with Crippen molar-refractivity contribution >= 4 is 34.8 Å². The third kappa shape index (κ3) is 3.62. The van der Waals surface area contributed by atoms with Gasteiger partial charge in [0.15, 0.2) is 0 Å². The molecule has 1 aliphatic rings. The molecule has 1 aromatic rings. The van der Waals surface area contributed by atoms with Crippen molar-refractivity contribution in [2.45, 2.75) is 32.1 Å². The normalized spacial score (nSPS) is 16.8. The van der Waals surface area contributed by atoms with E-state index in [0.717, 1.165) is 25.7 Å². The van der Waals surface area contributed by atoms with Crippen LogP contribution in [0.3, 0.4) is 0 Å². The molecule has 0 unspecified atom stereocenters. The van der Waals surface area contributed by atoms with Crippen LogP contribution in [0.5, 0.6) is 0 Å². The van der Waals surface area contributed by atoms with Gasteiger partial charge >= 0.3 is 0 Å². The second kappa shape index (κ2) is 5.74. The molecule has 0 saturated heterocycles. The summed E-state index contributed by atoms with van der Waals surface area (Å²) in [6.07, 6.45) is 5.51. The van der Waals surface area contributed by atoms with Gasteiger partial charge in [-0.2, -0.15) is 0 Å². The van der Waals surface area contributed by atoms with Crippen LogP contribution >= 0.6 is 23.2 Å². The van der Waals surface area contributed by atoms with Gasteiger partial charge < -0.3 is 5.32 Å². The van der Waals surface area contributed by atoms with Crippen LogP contribution in [-0.4, -0.2) is 5.91 Å². The Morgan fingerprint density at radius 2 is 1.65 bits per heavy atom. The van der Waals surface area contributed by atoms with Crippen LogP contribution < -0.4 is 5.32 Å². The summed E-state index contributed by atoms with van der Waals surface area (Å²) in [6, 6.07) is 5.09. The lowest BCUT2D eigenvalue weighted by atomic mass is 9.88. The number of halogens is 2. The topological polar surface area (TPSA) is 29.1 Å². The van der Waals surface area contributed by atoms with E-state index in [-0.39, 0.29) is 11.8 Å². The Balaban J connectivity index is 2.01. The maximum absolute atomic E-state index is 12.0. The monoisotopic (exact) mass is 271 g/mol. The van der Waals surface area contributed by atoms with Crippen molar-refractivity contribution in [2.24, 2.45) is 5.92 Å². The Bertz CT molecular complexity index is 394. The molecule has 1 saturated carbocycles. The Morgan fingerprint density at radius 3 is 2.24 bits per heavy atom. The quantitative estimate of drug-likeness (QED) is 0.843. The molecular formula is C13H15Cl2NO. The standard InChI is InChI=1S/C13H15Cl2NO/c14-10-6-11(15)8-12(7-10)16-13(17)9-4-2-1-3-5-9/h6-9H,1-5H2,(H,16,17). The molecule has 0 spiro atoms. The fourth-order valence-electron chi connectivity index (χ4n) is 2.24. The first-order valence-corrected chi connectivity index (χ1v) is 6.68. The molecule has 0 aliphatic heterocycles. The van der Waals surface area contributed by atoms with E-state index >= 15 is 0 Å². The van der Waals surface area contributed by atoms with Gasteiger partial charge in [0.05, 0.1) is 0 Å². The molecule has 0 bridgehead atoms. The Kier molecular flexibility index (Phi) is 4.30. The van der Waals surface area contributed by atoms with E-state index in [2.05, 4.69) is 5.32 Å². The summed E-state index contributed by atoms with van der Waals surface area (Å²) in [4.78, 5) is 12.0. The van der Waals surface area contributed by atoms with E-state index in [0.29, 0.717) is 15.7 Å². The number of carbonyl (C=O) groups is 1. The Morgan fingerprint density at radius 1 is 1.06 bits per heavy atom. The van der Waals surface area contributed by atoms with Crippen molar-refractivity contribution < 1.29 is 4.79 Å². The van der Waals surface area contributed by atoms with Crippen LogP contribution in [0, 0.1) is 5.92 Å². The predicted molar refractivity (Wildman–Crippen MR) is 71.7 cm³/mol. The minimum absolute atomic E-state index is 0.0861. The van der Waals surface area contributed by atoms with E-state index in [9.17, 15) is 4.79 Å². The van der Waals surface area contributed by atoms with Gasteiger partial charge in [0, 0.05) is 21.7 Å². The smallest absolute Gasteiger partial charge is 0.227 e. The average Bonchev–Trinajstić information content (AvgIpc) is 2.28. The Labute approximate surface area is 111 Å². The van der Waals surface area contributed by atoms with Gasteiger partial charge in [-0.3, -0.25) is 4.79 Å². The number of rotatable bonds is 2. The number of benzene rings is 1. The fraction of sp³-hybridized carbons (Fsp3) is 0.462. The first-order chi connectivity index (χ1) is 8.15. The van der Waals surface area contributed by atoms with E-state index in [1.165, 1.54) is 6.42 Å².